The van der Waals surface area contributed by atoms with Gasteiger partial charge in [-0.3, -0.25) is 19.2 Å². The number of alkyl carbamates (subject to hydrolysis) is 1. The molecular formula is C39H56N6O7. The zero-order chi connectivity index (χ0) is 38.0. The minimum Gasteiger partial charge on any atom is -0.447 e. The second-order valence-electron chi connectivity index (χ2n) is 16.6. The van der Waals surface area contributed by atoms with Crippen molar-refractivity contribution < 1.29 is 33.5 Å². The molecule has 0 aromatic heterocycles. The maximum Gasteiger partial charge on any atom is 0.407 e. The average molecular weight is 721 g/mol. The summed E-state index contributed by atoms with van der Waals surface area (Å²) in [6.45, 7) is 16.1. The van der Waals surface area contributed by atoms with Crippen LogP contribution in [0.1, 0.15) is 71.9 Å². The minimum absolute atomic E-state index is 0.0626. The zero-order valence-electron chi connectivity index (χ0n) is 31.4. The number of ketones is 1. The van der Waals surface area contributed by atoms with Crippen molar-refractivity contribution in [2.45, 2.75) is 97.8 Å². The molecule has 1 aromatic carbocycles. The Morgan fingerprint density at radius 3 is 2.23 bits per heavy atom. The van der Waals surface area contributed by atoms with Gasteiger partial charge in [0.1, 0.15) is 18.7 Å². The quantitative estimate of drug-likeness (QED) is 0.137. The van der Waals surface area contributed by atoms with Gasteiger partial charge in [-0.15, -0.1) is 6.58 Å². The van der Waals surface area contributed by atoms with Gasteiger partial charge in [-0.2, -0.15) is 0 Å². The summed E-state index contributed by atoms with van der Waals surface area (Å²) in [5.41, 5.74) is 1.51. The molecule has 5 N–H and O–H groups in total. The van der Waals surface area contributed by atoms with Crippen LogP contribution < -0.4 is 26.6 Å². The minimum atomic E-state index is -1.01. The molecule has 52 heavy (non-hydrogen) atoms. The molecule has 4 aliphatic rings. The summed E-state index contributed by atoms with van der Waals surface area (Å²) in [4.78, 5) is 82.4. The topological polar surface area (TPSA) is 175 Å². The van der Waals surface area contributed by atoms with Gasteiger partial charge in [-0.1, -0.05) is 77.8 Å². The number of piperidine rings is 1. The highest BCUT2D eigenvalue weighted by molar-refractivity contribution is 6.38. The number of amides is 6. The van der Waals surface area contributed by atoms with E-state index in [0.29, 0.717) is 32.4 Å². The van der Waals surface area contributed by atoms with Crippen molar-refractivity contribution in [1.82, 2.24) is 31.5 Å². The summed E-state index contributed by atoms with van der Waals surface area (Å²) in [6, 6.07) is 3.94. The third-order valence-electron chi connectivity index (χ3n) is 11.4. The van der Waals surface area contributed by atoms with Crippen molar-refractivity contribution in [3.05, 3.63) is 48.0 Å². The van der Waals surface area contributed by atoms with Crippen LogP contribution in [0, 0.1) is 34.5 Å². The third kappa shape index (κ3) is 8.78. The summed E-state index contributed by atoms with van der Waals surface area (Å²) < 4.78 is 5.37. The summed E-state index contributed by atoms with van der Waals surface area (Å²) in [5, 5.41) is 13.9. The second kappa shape index (κ2) is 15.7. The lowest BCUT2D eigenvalue weighted by Gasteiger charge is -2.36. The van der Waals surface area contributed by atoms with Gasteiger partial charge in [0.15, 0.2) is 0 Å². The molecule has 3 aliphatic carbocycles. The summed E-state index contributed by atoms with van der Waals surface area (Å²) in [7, 11) is 0. The number of ether oxygens (including phenoxy) is 1. The Morgan fingerprint density at radius 2 is 1.65 bits per heavy atom. The van der Waals surface area contributed by atoms with Gasteiger partial charge in [0.25, 0.3) is 5.91 Å². The third-order valence-corrected chi connectivity index (χ3v) is 11.4. The van der Waals surface area contributed by atoms with Crippen molar-refractivity contribution in [1.29, 1.82) is 0 Å². The van der Waals surface area contributed by atoms with Crippen molar-refractivity contribution in [2.24, 2.45) is 34.5 Å². The standard InChI is InChI=1S/C39H56N6O7/c1-8-16-41-34(48)32(46)27(17-22-14-15-22)42-33(47)31-29-26(39(29,6)7)20-45(31)35(49)30(25-18-23-12-10-11-13-24(23)19-25)44-36(50)43-28(38(3,4)5)21-52-37(51)40-9-2/h8,10-13,22,25-31H,1,9,14-21H2,2-7H3,(H,40,51)(H,41,48)(H,42,47)(H2,43,44,50)/t26-,27?,28?,29-,30-,31-/m0/s1. The molecule has 2 unspecified atom stereocenters. The first kappa shape index (κ1) is 38.8. The maximum atomic E-state index is 14.8. The van der Waals surface area contributed by atoms with E-state index in [2.05, 4.69) is 47.0 Å². The predicted molar refractivity (Wildman–Crippen MR) is 195 cm³/mol. The molecule has 3 fully saturated rings. The van der Waals surface area contributed by atoms with E-state index in [1.165, 1.54) is 6.08 Å². The molecule has 2 saturated carbocycles. The number of fused-ring (bicyclic) bond motifs is 2. The highest BCUT2D eigenvalue weighted by Gasteiger charge is 2.70. The maximum absolute atomic E-state index is 14.8. The number of rotatable bonds is 15. The number of urea groups is 1. The Bertz CT molecular complexity index is 1540. The van der Waals surface area contributed by atoms with Crippen molar-refractivity contribution in [3.8, 4) is 0 Å². The van der Waals surface area contributed by atoms with Crippen molar-refractivity contribution >= 4 is 35.6 Å². The highest BCUT2D eigenvalue weighted by Crippen LogP contribution is 2.65. The molecule has 0 bridgehead atoms. The van der Waals surface area contributed by atoms with Crippen LogP contribution in [-0.2, 0) is 36.8 Å². The number of Topliss-reactive ketones (excluding diaryl/α,β-unsaturated/α-hetero) is 1. The molecule has 1 aliphatic heterocycles. The van der Waals surface area contributed by atoms with Crippen molar-refractivity contribution in [3.63, 3.8) is 0 Å². The average Bonchev–Trinajstić information content (AvgIpc) is 3.84. The first-order valence-electron chi connectivity index (χ1n) is 18.6. The molecule has 6 amide bonds. The molecule has 1 aromatic rings. The molecule has 5 rings (SSSR count). The fraction of sp³-hybridized carbons (Fsp3) is 0.641. The van der Waals surface area contributed by atoms with E-state index in [1.54, 1.807) is 11.8 Å². The van der Waals surface area contributed by atoms with E-state index in [0.717, 1.165) is 24.0 Å². The van der Waals surface area contributed by atoms with Crippen LogP contribution in [0.5, 0.6) is 0 Å². The SMILES string of the molecule is C=CCNC(=O)C(=O)C(CC1CC1)NC(=O)[C@@H]1[C@@H]2[C@H](CN1C(=O)[C@@H](NC(=O)NC(COC(=O)NCC)C(C)(C)C)C1Cc3ccccc3C1)C2(C)C. The molecule has 13 heteroatoms. The molecule has 6 atom stereocenters. The van der Waals surface area contributed by atoms with E-state index in [-0.39, 0.29) is 48.1 Å². The Hall–Kier alpha value is -4.42. The number of carbonyl (C=O) groups is 6. The van der Waals surface area contributed by atoms with E-state index < -0.39 is 59.3 Å². The Kier molecular flexibility index (Phi) is 11.7. The van der Waals surface area contributed by atoms with Gasteiger partial charge >= 0.3 is 12.1 Å². The Labute approximate surface area is 306 Å². The van der Waals surface area contributed by atoms with E-state index in [4.69, 9.17) is 4.74 Å². The number of nitrogens with one attached hydrogen (secondary N) is 5. The molecule has 1 saturated heterocycles. The lowest BCUT2D eigenvalue weighted by atomic mass is 9.87. The second-order valence-corrected chi connectivity index (χ2v) is 16.6. The van der Waals surface area contributed by atoms with Gasteiger partial charge in [0, 0.05) is 19.6 Å². The van der Waals surface area contributed by atoms with Gasteiger partial charge < -0.3 is 36.2 Å². The monoisotopic (exact) mass is 720 g/mol. The van der Waals surface area contributed by atoms with Gasteiger partial charge in [0.2, 0.25) is 17.6 Å². The lowest BCUT2D eigenvalue weighted by Crippen LogP contribution is -2.61. The molecule has 0 radical (unpaired) electrons. The molecule has 0 spiro atoms. The molecule has 284 valence electrons. The first-order valence-corrected chi connectivity index (χ1v) is 18.6. The summed E-state index contributed by atoms with van der Waals surface area (Å²) in [5.74, 6) is -2.44. The van der Waals surface area contributed by atoms with Gasteiger partial charge in [-0.25, -0.2) is 9.59 Å². The summed E-state index contributed by atoms with van der Waals surface area (Å²) in [6.07, 6.45) is 4.23. The predicted octanol–water partition coefficient (Wildman–Crippen LogP) is 2.87. The largest absolute Gasteiger partial charge is 0.447 e. The van der Waals surface area contributed by atoms with Gasteiger partial charge in [0.05, 0.1) is 12.1 Å². The van der Waals surface area contributed by atoms with E-state index >= 15 is 0 Å². The number of hydrogen-bond acceptors (Lipinski definition) is 7. The van der Waals surface area contributed by atoms with E-state index in [1.807, 2.05) is 45.0 Å². The zero-order valence-corrected chi connectivity index (χ0v) is 31.4. The van der Waals surface area contributed by atoms with Crippen LogP contribution >= 0.6 is 0 Å². The number of likely N-dealkylation sites (tertiary alicyclic amines) is 1. The Morgan fingerprint density at radius 1 is 1.00 bits per heavy atom. The lowest BCUT2D eigenvalue weighted by molar-refractivity contribution is -0.144. The summed E-state index contributed by atoms with van der Waals surface area (Å²) >= 11 is 0. The number of nitrogens with zero attached hydrogens (tertiary/aromatic N) is 1. The van der Waals surface area contributed by atoms with Crippen LogP contribution in [0.2, 0.25) is 0 Å². The van der Waals surface area contributed by atoms with Gasteiger partial charge in [-0.05, 0) is 71.8 Å². The fourth-order valence-electron chi connectivity index (χ4n) is 7.99. The fourth-order valence-corrected chi connectivity index (χ4v) is 7.99. The van der Waals surface area contributed by atoms with Crippen LogP contribution in [0.15, 0.2) is 36.9 Å². The number of carbonyl (C=O) groups excluding carboxylic acids is 6. The van der Waals surface area contributed by atoms with Crippen LogP contribution in [0.25, 0.3) is 0 Å². The van der Waals surface area contributed by atoms with Crippen LogP contribution in [0.4, 0.5) is 9.59 Å². The van der Waals surface area contributed by atoms with Crippen LogP contribution in [0.3, 0.4) is 0 Å². The van der Waals surface area contributed by atoms with Crippen molar-refractivity contribution in [2.75, 3.05) is 26.2 Å². The normalized spacial score (nSPS) is 23.2. The molecule has 1 heterocycles. The Balaban J connectivity index is 1.38. The first-order chi connectivity index (χ1) is 24.6. The molecule has 13 nitrogen and oxygen atoms in total. The number of hydrogen-bond donors (Lipinski definition) is 5. The number of benzene rings is 1. The highest BCUT2D eigenvalue weighted by atomic mass is 16.5. The van der Waals surface area contributed by atoms with Crippen LogP contribution in [-0.4, -0.2) is 90.9 Å². The molecular weight excluding hydrogens is 664 g/mol. The van der Waals surface area contributed by atoms with E-state index in [9.17, 15) is 28.8 Å². The smallest absolute Gasteiger partial charge is 0.407 e.